The van der Waals surface area contributed by atoms with Crippen LogP contribution >= 0.6 is 0 Å². The van der Waals surface area contributed by atoms with E-state index in [0.717, 1.165) is 17.2 Å². The first-order valence-corrected chi connectivity index (χ1v) is 8.60. The Morgan fingerprint density at radius 1 is 1.31 bits per heavy atom. The minimum Gasteiger partial charge on any atom is -0.497 e. The summed E-state index contributed by atoms with van der Waals surface area (Å²) in [7, 11) is 3.25. The van der Waals surface area contributed by atoms with Gasteiger partial charge in [0.15, 0.2) is 5.76 Å². The van der Waals surface area contributed by atoms with Gasteiger partial charge in [-0.25, -0.2) is 4.98 Å². The van der Waals surface area contributed by atoms with Gasteiger partial charge in [-0.1, -0.05) is 6.92 Å². The third-order valence-corrected chi connectivity index (χ3v) is 4.70. The lowest BCUT2D eigenvalue weighted by Gasteiger charge is -2.27. The van der Waals surface area contributed by atoms with Crippen molar-refractivity contribution in [3.05, 3.63) is 42.9 Å². The summed E-state index contributed by atoms with van der Waals surface area (Å²) in [4.78, 5) is 4.11. The number of hydrogen-bond donors (Lipinski definition) is 0. The standard InChI is InChI=1S/C19H22N2O5/c1-4-14-10-25-19(26-14,11-21-6-5-20-12-21)18-17-13(9-24-18)7-15(22-2)8-16(17)23-3/h5-9,12,14H,4,10-11H2,1-3H3. The fraction of sp³-hybridized carbons (Fsp3) is 0.421. The van der Waals surface area contributed by atoms with Crippen LogP contribution in [0, 0.1) is 0 Å². The van der Waals surface area contributed by atoms with Crippen molar-refractivity contribution in [3.63, 3.8) is 0 Å². The van der Waals surface area contributed by atoms with Crippen molar-refractivity contribution in [2.75, 3.05) is 20.8 Å². The van der Waals surface area contributed by atoms with Crippen LogP contribution in [0.5, 0.6) is 11.5 Å². The first kappa shape index (κ1) is 16.9. The van der Waals surface area contributed by atoms with Crippen molar-refractivity contribution in [2.45, 2.75) is 31.8 Å². The summed E-state index contributed by atoms with van der Waals surface area (Å²) in [6.45, 7) is 3.01. The summed E-state index contributed by atoms with van der Waals surface area (Å²) in [5, 5.41) is 1.69. The highest BCUT2D eigenvalue weighted by Crippen LogP contribution is 2.45. The lowest BCUT2D eigenvalue weighted by Crippen LogP contribution is -2.33. The molecule has 1 fully saturated rings. The minimum atomic E-state index is -1.04. The van der Waals surface area contributed by atoms with E-state index in [1.165, 1.54) is 0 Å². The molecule has 3 heterocycles. The molecular formula is C19H22N2O5. The molecule has 0 aliphatic carbocycles. The maximum Gasteiger partial charge on any atom is 0.248 e. The van der Waals surface area contributed by atoms with Crippen LogP contribution in [0.4, 0.5) is 0 Å². The van der Waals surface area contributed by atoms with Crippen LogP contribution < -0.4 is 9.47 Å². The summed E-state index contributed by atoms with van der Waals surface area (Å²) in [6.07, 6.45) is 7.87. The first-order chi connectivity index (χ1) is 12.7. The number of furan rings is 1. The molecule has 1 aromatic carbocycles. The van der Waals surface area contributed by atoms with E-state index in [1.54, 1.807) is 33.0 Å². The number of aromatic nitrogens is 2. The molecule has 1 aliphatic rings. The Bertz CT molecular complexity index is 889. The molecule has 1 saturated heterocycles. The van der Waals surface area contributed by atoms with Gasteiger partial charge in [-0.15, -0.1) is 0 Å². The number of benzene rings is 1. The Labute approximate surface area is 151 Å². The molecule has 1 aliphatic heterocycles. The lowest BCUT2D eigenvalue weighted by atomic mass is 10.1. The van der Waals surface area contributed by atoms with Gasteiger partial charge in [0.05, 0.1) is 51.5 Å². The molecule has 7 nitrogen and oxygen atoms in total. The molecule has 2 atom stereocenters. The SMILES string of the molecule is CCC1COC(Cn2ccnc2)(c2occ3cc(OC)cc(OC)c23)O1. The number of nitrogens with zero attached hydrogens (tertiary/aromatic N) is 2. The average Bonchev–Trinajstić information content (AvgIpc) is 3.40. The van der Waals surface area contributed by atoms with E-state index >= 15 is 0 Å². The third kappa shape index (κ3) is 2.73. The molecule has 3 aromatic rings. The molecule has 138 valence electrons. The Balaban J connectivity index is 1.86. The molecule has 26 heavy (non-hydrogen) atoms. The highest BCUT2D eigenvalue weighted by molar-refractivity contribution is 5.92. The Morgan fingerprint density at radius 3 is 2.85 bits per heavy atom. The van der Waals surface area contributed by atoms with Crippen LogP contribution in [0.1, 0.15) is 19.1 Å². The summed E-state index contributed by atoms with van der Waals surface area (Å²) in [5.74, 6) is 0.910. The van der Waals surface area contributed by atoms with E-state index < -0.39 is 5.79 Å². The van der Waals surface area contributed by atoms with Gasteiger partial charge in [0.25, 0.3) is 0 Å². The quantitative estimate of drug-likeness (QED) is 0.673. The summed E-state index contributed by atoms with van der Waals surface area (Å²) >= 11 is 0. The monoisotopic (exact) mass is 358 g/mol. The number of ether oxygens (including phenoxy) is 4. The highest BCUT2D eigenvalue weighted by Gasteiger charge is 2.47. The smallest absolute Gasteiger partial charge is 0.248 e. The van der Waals surface area contributed by atoms with E-state index in [4.69, 9.17) is 23.4 Å². The molecule has 0 amide bonds. The predicted octanol–water partition coefficient (Wildman–Crippen LogP) is 3.32. The maximum absolute atomic E-state index is 6.33. The maximum atomic E-state index is 6.33. The molecule has 4 rings (SSSR count). The predicted molar refractivity (Wildman–Crippen MR) is 94.3 cm³/mol. The highest BCUT2D eigenvalue weighted by atomic mass is 16.8. The molecule has 7 heteroatoms. The van der Waals surface area contributed by atoms with Gasteiger partial charge < -0.3 is 27.9 Å². The van der Waals surface area contributed by atoms with Crippen molar-refractivity contribution in [1.82, 2.24) is 9.55 Å². The number of hydrogen-bond acceptors (Lipinski definition) is 6. The largest absolute Gasteiger partial charge is 0.497 e. The number of fused-ring (bicyclic) bond motifs is 1. The zero-order valence-electron chi connectivity index (χ0n) is 15.1. The summed E-state index contributed by atoms with van der Waals surface area (Å²) in [6, 6.07) is 3.74. The van der Waals surface area contributed by atoms with Gasteiger partial charge in [0, 0.05) is 23.8 Å². The van der Waals surface area contributed by atoms with Crippen LogP contribution in [-0.4, -0.2) is 36.5 Å². The molecule has 0 N–H and O–H groups in total. The zero-order chi connectivity index (χ0) is 18.1. The van der Waals surface area contributed by atoms with Crippen LogP contribution in [0.2, 0.25) is 0 Å². The van der Waals surface area contributed by atoms with Crippen molar-refractivity contribution in [3.8, 4) is 11.5 Å². The second kappa shape index (κ2) is 6.66. The van der Waals surface area contributed by atoms with Crippen molar-refractivity contribution in [1.29, 1.82) is 0 Å². The number of rotatable bonds is 6. The molecule has 0 spiro atoms. The number of imidazole rings is 1. The van der Waals surface area contributed by atoms with Crippen LogP contribution in [0.25, 0.3) is 10.8 Å². The second-order valence-electron chi connectivity index (χ2n) is 6.31. The molecule has 2 aromatic heterocycles. The second-order valence-corrected chi connectivity index (χ2v) is 6.31. The molecule has 2 unspecified atom stereocenters. The van der Waals surface area contributed by atoms with Gasteiger partial charge in [-0.05, 0) is 12.5 Å². The Kier molecular flexibility index (Phi) is 4.34. The van der Waals surface area contributed by atoms with Crippen LogP contribution in [-0.2, 0) is 21.8 Å². The van der Waals surface area contributed by atoms with E-state index in [-0.39, 0.29) is 6.10 Å². The van der Waals surface area contributed by atoms with Gasteiger partial charge in [0.2, 0.25) is 5.79 Å². The van der Waals surface area contributed by atoms with Crippen LogP contribution in [0.3, 0.4) is 0 Å². The Hall–Kier alpha value is -2.51. The molecule has 0 saturated carbocycles. The van der Waals surface area contributed by atoms with Gasteiger partial charge in [-0.2, -0.15) is 0 Å². The summed E-state index contributed by atoms with van der Waals surface area (Å²) < 4.78 is 31.3. The molecule has 0 radical (unpaired) electrons. The zero-order valence-corrected chi connectivity index (χ0v) is 15.1. The first-order valence-electron chi connectivity index (χ1n) is 8.60. The molecule has 0 bridgehead atoms. The van der Waals surface area contributed by atoms with Gasteiger partial charge in [-0.3, -0.25) is 0 Å². The van der Waals surface area contributed by atoms with E-state index in [2.05, 4.69) is 11.9 Å². The minimum absolute atomic E-state index is 0.00270. The third-order valence-electron chi connectivity index (χ3n) is 4.70. The van der Waals surface area contributed by atoms with Crippen LogP contribution in [0.15, 0.2) is 41.5 Å². The van der Waals surface area contributed by atoms with Crippen molar-refractivity contribution in [2.24, 2.45) is 0 Å². The van der Waals surface area contributed by atoms with E-state index in [0.29, 0.717) is 30.4 Å². The topological polar surface area (TPSA) is 67.9 Å². The van der Waals surface area contributed by atoms with E-state index in [1.807, 2.05) is 22.9 Å². The van der Waals surface area contributed by atoms with E-state index in [9.17, 15) is 0 Å². The fourth-order valence-corrected chi connectivity index (χ4v) is 3.35. The molecular weight excluding hydrogens is 336 g/mol. The van der Waals surface area contributed by atoms with Gasteiger partial charge >= 0.3 is 0 Å². The number of methoxy groups -OCH3 is 2. The fourth-order valence-electron chi connectivity index (χ4n) is 3.35. The van der Waals surface area contributed by atoms with Crippen molar-refractivity contribution >= 4 is 10.8 Å². The van der Waals surface area contributed by atoms with Crippen molar-refractivity contribution < 1.29 is 23.4 Å². The van der Waals surface area contributed by atoms with Gasteiger partial charge in [0.1, 0.15) is 11.5 Å². The average molecular weight is 358 g/mol. The summed E-state index contributed by atoms with van der Waals surface area (Å²) in [5.41, 5.74) is 0. The Morgan fingerprint density at radius 2 is 2.19 bits per heavy atom. The normalized spacial score (nSPS) is 22.8. The lowest BCUT2D eigenvalue weighted by molar-refractivity contribution is -0.197.